The lowest BCUT2D eigenvalue weighted by atomic mass is 10.1. The SMILES string of the molecule is Cc1ccc(NC(=O)C(OC(=O)c2cc(C)nc3c2cnn3C(C)C)c2ccccc2)cc1. The Hall–Kier alpha value is -4.00. The highest BCUT2D eigenvalue weighted by Crippen LogP contribution is 2.26. The zero-order valence-electron chi connectivity index (χ0n) is 19.1. The second-order valence-electron chi connectivity index (χ2n) is 8.28. The van der Waals surface area contributed by atoms with E-state index in [0.717, 1.165) is 5.56 Å². The normalized spacial score (nSPS) is 12.0. The molecule has 0 radical (unpaired) electrons. The summed E-state index contributed by atoms with van der Waals surface area (Å²) < 4.78 is 7.56. The molecule has 1 amide bonds. The first-order chi connectivity index (χ1) is 15.8. The van der Waals surface area contributed by atoms with Crippen LogP contribution in [0.15, 0.2) is 66.9 Å². The molecule has 168 valence electrons. The molecule has 0 saturated heterocycles. The second kappa shape index (κ2) is 9.24. The largest absolute Gasteiger partial charge is 0.444 e. The molecule has 2 aromatic heterocycles. The third kappa shape index (κ3) is 4.77. The van der Waals surface area contributed by atoms with Gasteiger partial charge in [-0.15, -0.1) is 0 Å². The van der Waals surface area contributed by atoms with Crippen LogP contribution in [0.1, 0.15) is 53.2 Å². The fourth-order valence-corrected chi connectivity index (χ4v) is 3.61. The number of nitrogens with zero attached hydrogens (tertiary/aromatic N) is 3. The summed E-state index contributed by atoms with van der Waals surface area (Å²) in [6, 6.07) is 18.1. The number of pyridine rings is 1. The van der Waals surface area contributed by atoms with Crippen LogP contribution in [-0.2, 0) is 9.53 Å². The maximum Gasteiger partial charge on any atom is 0.340 e. The van der Waals surface area contributed by atoms with Crippen LogP contribution in [0.4, 0.5) is 5.69 Å². The molecular weight excluding hydrogens is 416 g/mol. The Kier molecular flexibility index (Phi) is 6.22. The molecule has 2 aromatic carbocycles. The molecule has 1 atom stereocenters. The summed E-state index contributed by atoms with van der Waals surface area (Å²) in [4.78, 5) is 31.0. The Morgan fingerprint density at radius 3 is 2.36 bits per heavy atom. The van der Waals surface area contributed by atoms with Crippen molar-refractivity contribution in [1.82, 2.24) is 14.8 Å². The van der Waals surface area contributed by atoms with E-state index in [2.05, 4.69) is 15.4 Å². The molecule has 1 N–H and O–H groups in total. The molecule has 7 heteroatoms. The zero-order valence-corrected chi connectivity index (χ0v) is 19.1. The van der Waals surface area contributed by atoms with Crippen LogP contribution < -0.4 is 5.32 Å². The van der Waals surface area contributed by atoms with Gasteiger partial charge in [0.2, 0.25) is 6.10 Å². The lowest BCUT2D eigenvalue weighted by Gasteiger charge is -2.18. The van der Waals surface area contributed by atoms with Crippen LogP contribution in [0.5, 0.6) is 0 Å². The van der Waals surface area contributed by atoms with Crippen molar-refractivity contribution < 1.29 is 14.3 Å². The Morgan fingerprint density at radius 2 is 1.70 bits per heavy atom. The minimum absolute atomic E-state index is 0.0815. The average molecular weight is 443 g/mol. The van der Waals surface area contributed by atoms with Crippen molar-refractivity contribution in [3.8, 4) is 0 Å². The number of ether oxygens (including phenoxy) is 1. The topological polar surface area (TPSA) is 86.1 Å². The minimum atomic E-state index is -1.12. The number of aryl methyl sites for hydroxylation is 2. The predicted octanol–water partition coefficient (Wildman–Crippen LogP) is 5.17. The number of anilines is 1. The van der Waals surface area contributed by atoms with E-state index in [1.807, 2.05) is 58.0 Å². The predicted molar refractivity (Wildman–Crippen MR) is 127 cm³/mol. The van der Waals surface area contributed by atoms with E-state index in [4.69, 9.17) is 4.74 Å². The highest BCUT2D eigenvalue weighted by atomic mass is 16.5. The van der Waals surface area contributed by atoms with Crippen LogP contribution in [0.25, 0.3) is 11.0 Å². The number of aromatic nitrogens is 3. The standard InChI is InChI=1S/C26H26N4O3/c1-16(2)30-24-22(15-27-30)21(14-18(4)28-24)26(32)33-23(19-8-6-5-7-9-19)25(31)29-20-12-10-17(3)11-13-20/h5-16,23H,1-4H3,(H,29,31). The molecule has 33 heavy (non-hydrogen) atoms. The number of benzene rings is 2. The Balaban J connectivity index is 1.67. The number of fused-ring (bicyclic) bond motifs is 1. The molecule has 0 spiro atoms. The fourth-order valence-electron chi connectivity index (χ4n) is 3.61. The minimum Gasteiger partial charge on any atom is -0.444 e. The molecule has 1 unspecified atom stereocenters. The van der Waals surface area contributed by atoms with Gasteiger partial charge in [0.15, 0.2) is 5.65 Å². The van der Waals surface area contributed by atoms with Crippen molar-refractivity contribution in [2.45, 2.75) is 39.8 Å². The van der Waals surface area contributed by atoms with E-state index in [-0.39, 0.29) is 6.04 Å². The van der Waals surface area contributed by atoms with Gasteiger partial charge in [-0.25, -0.2) is 14.5 Å². The van der Waals surface area contributed by atoms with Gasteiger partial charge in [-0.05, 0) is 45.9 Å². The number of esters is 1. The number of carbonyl (C=O) groups excluding carboxylic acids is 2. The van der Waals surface area contributed by atoms with Gasteiger partial charge in [0.05, 0.1) is 17.1 Å². The zero-order chi connectivity index (χ0) is 23.5. The van der Waals surface area contributed by atoms with E-state index in [0.29, 0.717) is 33.5 Å². The maximum absolute atomic E-state index is 13.3. The number of amides is 1. The van der Waals surface area contributed by atoms with E-state index in [1.54, 1.807) is 41.2 Å². The van der Waals surface area contributed by atoms with Crippen LogP contribution in [0.3, 0.4) is 0 Å². The molecule has 0 aliphatic rings. The van der Waals surface area contributed by atoms with Crippen LogP contribution in [0.2, 0.25) is 0 Å². The molecule has 7 nitrogen and oxygen atoms in total. The second-order valence-corrected chi connectivity index (χ2v) is 8.28. The molecule has 4 rings (SSSR count). The molecular formula is C26H26N4O3. The number of nitrogens with one attached hydrogen (secondary N) is 1. The Morgan fingerprint density at radius 1 is 1.00 bits per heavy atom. The van der Waals surface area contributed by atoms with E-state index < -0.39 is 18.0 Å². The van der Waals surface area contributed by atoms with Gasteiger partial charge in [0.25, 0.3) is 5.91 Å². The molecule has 0 fully saturated rings. The van der Waals surface area contributed by atoms with Crippen molar-refractivity contribution in [3.63, 3.8) is 0 Å². The number of rotatable bonds is 6. The summed E-state index contributed by atoms with van der Waals surface area (Å²) in [5.74, 6) is -1.04. The molecule has 0 saturated carbocycles. The van der Waals surface area contributed by atoms with Gasteiger partial charge in [0.1, 0.15) is 0 Å². The molecule has 0 aliphatic carbocycles. The Bertz CT molecular complexity index is 1290. The first-order valence-corrected chi connectivity index (χ1v) is 10.8. The Labute approximate surface area is 192 Å². The lowest BCUT2D eigenvalue weighted by molar-refractivity contribution is -0.125. The first-order valence-electron chi connectivity index (χ1n) is 10.8. The number of carbonyl (C=O) groups is 2. The van der Waals surface area contributed by atoms with Crippen LogP contribution in [-0.4, -0.2) is 26.6 Å². The summed E-state index contributed by atoms with van der Waals surface area (Å²) in [6.45, 7) is 7.77. The van der Waals surface area contributed by atoms with E-state index >= 15 is 0 Å². The quantitative estimate of drug-likeness (QED) is 0.417. The third-order valence-corrected chi connectivity index (χ3v) is 5.29. The average Bonchev–Trinajstić information content (AvgIpc) is 3.22. The van der Waals surface area contributed by atoms with Gasteiger partial charge < -0.3 is 10.1 Å². The molecule has 2 heterocycles. The van der Waals surface area contributed by atoms with E-state index in [1.165, 1.54) is 0 Å². The summed E-state index contributed by atoms with van der Waals surface area (Å²) in [7, 11) is 0. The summed E-state index contributed by atoms with van der Waals surface area (Å²) in [5.41, 5.74) is 3.89. The number of hydrogen-bond donors (Lipinski definition) is 1. The van der Waals surface area contributed by atoms with Gasteiger partial charge in [0, 0.05) is 23.0 Å². The summed E-state index contributed by atoms with van der Waals surface area (Å²) >= 11 is 0. The van der Waals surface area contributed by atoms with Gasteiger partial charge in [-0.1, -0.05) is 48.0 Å². The molecule has 0 aliphatic heterocycles. The maximum atomic E-state index is 13.3. The summed E-state index contributed by atoms with van der Waals surface area (Å²) in [5, 5.41) is 7.82. The third-order valence-electron chi connectivity index (χ3n) is 5.29. The van der Waals surface area contributed by atoms with Crippen molar-refractivity contribution >= 4 is 28.6 Å². The smallest absolute Gasteiger partial charge is 0.340 e. The highest BCUT2D eigenvalue weighted by Gasteiger charge is 2.27. The first kappa shape index (κ1) is 22.2. The van der Waals surface area contributed by atoms with Crippen molar-refractivity contribution in [1.29, 1.82) is 0 Å². The van der Waals surface area contributed by atoms with Crippen molar-refractivity contribution in [2.75, 3.05) is 5.32 Å². The van der Waals surface area contributed by atoms with Crippen molar-refractivity contribution in [2.24, 2.45) is 0 Å². The highest BCUT2D eigenvalue weighted by molar-refractivity contribution is 6.04. The van der Waals surface area contributed by atoms with Crippen LogP contribution >= 0.6 is 0 Å². The van der Waals surface area contributed by atoms with Gasteiger partial charge in [-0.3, -0.25) is 4.79 Å². The monoisotopic (exact) mass is 442 g/mol. The van der Waals surface area contributed by atoms with Gasteiger partial charge in [-0.2, -0.15) is 5.10 Å². The molecule has 0 bridgehead atoms. The number of hydrogen-bond acceptors (Lipinski definition) is 5. The lowest BCUT2D eigenvalue weighted by Crippen LogP contribution is -2.26. The molecule has 4 aromatic rings. The van der Waals surface area contributed by atoms with Gasteiger partial charge >= 0.3 is 5.97 Å². The fraction of sp³-hybridized carbons (Fsp3) is 0.231. The van der Waals surface area contributed by atoms with Crippen LogP contribution in [0, 0.1) is 13.8 Å². The van der Waals surface area contributed by atoms with Crippen molar-refractivity contribution in [3.05, 3.63) is 89.2 Å². The summed E-state index contributed by atoms with van der Waals surface area (Å²) in [6.07, 6.45) is 0.492. The van der Waals surface area contributed by atoms with E-state index in [9.17, 15) is 9.59 Å².